The van der Waals surface area contributed by atoms with Crippen molar-refractivity contribution in [1.29, 1.82) is 0 Å². The summed E-state index contributed by atoms with van der Waals surface area (Å²) in [5.41, 5.74) is 2.05. The van der Waals surface area contributed by atoms with Gasteiger partial charge in [0.2, 0.25) is 10.0 Å². The zero-order chi connectivity index (χ0) is 29.0. The van der Waals surface area contributed by atoms with Crippen LogP contribution in [0.15, 0.2) is 42.5 Å². The van der Waals surface area contributed by atoms with Crippen molar-refractivity contribution >= 4 is 73.8 Å². The van der Waals surface area contributed by atoms with Crippen LogP contribution < -0.4 is 10.1 Å². The highest BCUT2D eigenvalue weighted by Crippen LogP contribution is 2.46. The number of carbonyl (C=O) groups is 2. The molecule has 0 amide bonds. The minimum absolute atomic E-state index is 0.0329. The number of rotatable bonds is 10. The van der Waals surface area contributed by atoms with E-state index in [0.29, 0.717) is 52.0 Å². The van der Waals surface area contributed by atoms with Crippen molar-refractivity contribution in [2.45, 2.75) is 24.6 Å². The lowest BCUT2D eigenvalue weighted by Gasteiger charge is -2.32. The van der Waals surface area contributed by atoms with Crippen molar-refractivity contribution in [2.75, 3.05) is 32.1 Å². The van der Waals surface area contributed by atoms with Gasteiger partial charge in [0.25, 0.3) is 0 Å². The van der Waals surface area contributed by atoms with Crippen LogP contribution in [0, 0.1) is 0 Å². The van der Waals surface area contributed by atoms with Crippen LogP contribution in [-0.4, -0.2) is 62.6 Å². The van der Waals surface area contributed by atoms with E-state index in [9.17, 15) is 18.0 Å². The highest BCUT2D eigenvalue weighted by atomic mass is 35.5. The van der Waals surface area contributed by atoms with E-state index in [2.05, 4.69) is 5.32 Å². The van der Waals surface area contributed by atoms with Crippen molar-refractivity contribution in [3.05, 3.63) is 68.0 Å². The maximum absolute atomic E-state index is 13.0. The number of ether oxygens (including phenoxy) is 2. The number of sulfonamides is 1. The number of thiophene rings is 1. The van der Waals surface area contributed by atoms with Crippen LogP contribution in [0.5, 0.6) is 5.75 Å². The molecule has 1 saturated heterocycles. The number of hydrogen-bond donors (Lipinski definition) is 2. The molecule has 2 aromatic carbocycles. The van der Waals surface area contributed by atoms with E-state index in [1.54, 1.807) is 18.2 Å². The van der Waals surface area contributed by atoms with Crippen molar-refractivity contribution < 1.29 is 32.6 Å². The molecule has 1 aliphatic rings. The fraction of sp³-hybridized carbons (Fsp3) is 0.308. The average Bonchev–Trinajstić information content (AvgIpc) is 3.25. The molecule has 2 heterocycles. The van der Waals surface area contributed by atoms with Gasteiger partial charge in [-0.2, -0.15) is 0 Å². The van der Waals surface area contributed by atoms with E-state index in [-0.39, 0.29) is 27.4 Å². The summed E-state index contributed by atoms with van der Waals surface area (Å²) in [4.78, 5) is 23.8. The standard InChI is InChI=1S/C26H25Cl3N2O7S2/c1-37-26(34)25-23(38-13-21(32)33)22(29)24(39-25)16-3-2-4-18(12-16)30-17-7-9-31(10-8-17)40(35,36)14-15-5-6-19(27)20(28)11-15/h2-6,11-12,17,30H,7-10,13-14H2,1H3,(H,32,33). The first-order valence-corrected chi connectivity index (χ1v) is 15.6. The van der Waals surface area contributed by atoms with Crippen LogP contribution in [0.1, 0.15) is 28.1 Å². The number of methoxy groups -OCH3 is 1. The molecule has 1 aromatic heterocycles. The van der Waals surface area contributed by atoms with Gasteiger partial charge < -0.3 is 19.9 Å². The highest BCUT2D eigenvalue weighted by molar-refractivity contribution is 7.88. The van der Waals surface area contributed by atoms with E-state index in [0.717, 1.165) is 17.0 Å². The number of carbonyl (C=O) groups excluding carboxylic acids is 1. The molecule has 1 fully saturated rings. The second kappa shape index (κ2) is 13.0. The number of benzene rings is 2. The van der Waals surface area contributed by atoms with Gasteiger partial charge in [-0.1, -0.05) is 53.0 Å². The molecular formula is C26H25Cl3N2O7S2. The molecule has 2 N–H and O–H groups in total. The van der Waals surface area contributed by atoms with Gasteiger partial charge in [0.1, 0.15) is 5.02 Å². The number of nitrogens with one attached hydrogen (secondary N) is 1. The number of nitrogens with zero attached hydrogens (tertiary/aromatic N) is 1. The first kappa shape index (κ1) is 30.4. The van der Waals surface area contributed by atoms with Gasteiger partial charge in [0.15, 0.2) is 17.2 Å². The van der Waals surface area contributed by atoms with Crippen LogP contribution in [0.4, 0.5) is 5.69 Å². The number of carboxylic acid groups (broad SMARTS) is 1. The van der Waals surface area contributed by atoms with Crippen molar-refractivity contribution in [1.82, 2.24) is 4.31 Å². The molecular weight excluding hydrogens is 623 g/mol. The minimum atomic E-state index is -3.53. The Morgan fingerprint density at radius 2 is 1.82 bits per heavy atom. The van der Waals surface area contributed by atoms with Crippen LogP contribution in [0.25, 0.3) is 10.4 Å². The highest BCUT2D eigenvalue weighted by Gasteiger charge is 2.29. The van der Waals surface area contributed by atoms with Gasteiger partial charge in [-0.3, -0.25) is 0 Å². The van der Waals surface area contributed by atoms with Crippen LogP contribution in [0.2, 0.25) is 15.1 Å². The van der Waals surface area contributed by atoms with E-state index in [4.69, 9.17) is 49.4 Å². The Morgan fingerprint density at radius 1 is 1.10 bits per heavy atom. The molecule has 0 saturated carbocycles. The predicted octanol–water partition coefficient (Wildman–Crippen LogP) is 6.03. The van der Waals surface area contributed by atoms with Gasteiger partial charge in [-0.25, -0.2) is 22.3 Å². The molecule has 0 aliphatic carbocycles. The van der Waals surface area contributed by atoms with E-state index in [1.807, 2.05) is 24.3 Å². The number of hydrogen-bond acceptors (Lipinski definition) is 8. The molecule has 9 nitrogen and oxygen atoms in total. The summed E-state index contributed by atoms with van der Waals surface area (Å²) in [6.07, 6.45) is 1.20. The van der Waals surface area contributed by atoms with Crippen LogP contribution in [0.3, 0.4) is 0 Å². The van der Waals surface area contributed by atoms with Gasteiger partial charge in [0.05, 0.1) is 27.8 Å². The Morgan fingerprint density at radius 3 is 2.48 bits per heavy atom. The summed E-state index contributed by atoms with van der Waals surface area (Å²) in [5.74, 6) is -2.09. The molecule has 3 aromatic rings. The molecule has 0 spiro atoms. The zero-order valence-electron chi connectivity index (χ0n) is 21.2. The molecule has 4 rings (SSSR count). The lowest BCUT2D eigenvalue weighted by molar-refractivity contribution is -0.139. The zero-order valence-corrected chi connectivity index (χ0v) is 25.1. The van der Waals surface area contributed by atoms with Crippen LogP contribution >= 0.6 is 46.1 Å². The number of carboxylic acids is 1. The third-order valence-electron chi connectivity index (χ3n) is 6.20. The van der Waals surface area contributed by atoms with Crippen LogP contribution in [-0.2, 0) is 25.3 Å². The Hall–Kier alpha value is -2.54. The molecule has 0 radical (unpaired) electrons. The van der Waals surface area contributed by atoms with Gasteiger partial charge >= 0.3 is 11.9 Å². The molecule has 14 heteroatoms. The average molecular weight is 648 g/mol. The second-order valence-corrected chi connectivity index (χ2v) is 13.2. The normalized spacial score (nSPS) is 14.6. The Labute approximate surface area is 250 Å². The van der Waals surface area contributed by atoms with Crippen molar-refractivity contribution in [3.8, 4) is 16.2 Å². The number of esters is 1. The smallest absolute Gasteiger partial charge is 0.351 e. The van der Waals surface area contributed by atoms with E-state index in [1.165, 1.54) is 11.4 Å². The first-order chi connectivity index (χ1) is 19.0. The minimum Gasteiger partial charge on any atom is -0.479 e. The molecule has 40 heavy (non-hydrogen) atoms. The van der Waals surface area contributed by atoms with E-state index >= 15 is 0 Å². The van der Waals surface area contributed by atoms with E-state index < -0.39 is 28.6 Å². The number of halogens is 3. The molecule has 214 valence electrons. The largest absolute Gasteiger partial charge is 0.479 e. The predicted molar refractivity (Wildman–Crippen MR) is 157 cm³/mol. The second-order valence-electron chi connectivity index (χ2n) is 8.98. The lowest BCUT2D eigenvalue weighted by Crippen LogP contribution is -2.42. The SMILES string of the molecule is COC(=O)c1sc(-c2cccc(NC3CCN(S(=O)(=O)Cc4ccc(Cl)c(Cl)c4)CC3)c2)c(Cl)c1OCC(=O)O. The number of anilines is 1. The van der Waals surface area contributed by atoms with Gasteiger partial charge in [-0.15, -0.1) is 11.3 Å². The number of aliphatic carboxylic acids is 1. The summed E-state index contributed by atoms with van der Waals surface area (Å²) >= 11 is 19.5. The monoisotopic (exact) mass is 646 g/mol. The molecule has 0 atom stereocenters. The summed E-state index contributed by atoms with van der Waals surface area (Å²) < 4.78 is 37.5. The molecule has 0 bridgehead atoms. The molecule has 1 aliphatic heterocycles. The van der Waals surface area contributed by atoms with Gasteiger partial charge in [0, 0.05) is 24.8 Å². The van der Waals surface area contributed by atoms with Gasteiger partial charge in [-0.05, 0) is 48.2 Å². The maximum atomic E-state index is 13.0. The molecule has 0 unspecified atom stereocenters. The Kier molecular flexibility index (Phi) is 9.86. The Balaban J connectivity index is 1.43. The Bertz CT molecular complexity index is 1520. The maximum Gasteiger partial charge on any atom is 0.351 e. The first-order valence-electron chi connectivity index (χ1n) is 12.0. The summed E-state index contributed by atoms with van der Waals surface area (Å²) in [5, 5.41) is 13.2. The third-order valence-corrected chi connectivity index (χ3v) is 10.5. The van der Waals surface area contributed by atoms with Crippen molar-refractivity contribution in [3.63, 3.8) is 0 Å². The van der Waals surface area contributed by atoms with Crippen molar-refractivity contribution in [2.24, 2.45) is 0 Å². The summed E-state index contributed by atoms with van der Waals surface area (Å²) in [6, 6.07) is 12.2. The topological polar surface area (TPSA) is 122 Å². The summed E-state index contributed by atoms with van der Waals surface area (Å²) in [7, 11) is -2.31. The quantitative estimate of drug-likeness (QED) is 0.256. The fourth-order valence-electron chi connectivity index (χ4n) is 4.27. The summed E-state index contributed by atoms with van der Waals surface area (Å²) in [6.45, 7) is 0.0679. The third kappa shape index (κ3) is 7.20. The lowest BCUT2D eigenvalue weighted by atomic mass is 10.1. The number of piperidine rings is 1. The fourth-order valence-corrected chi connectivity index (χ4v) is 7.62.